The summed E-state index contributed by atoms with van der Waals surface area (Å²) in [5.41, 5.74) is 7.54. The van der Waals surface area contributed by atoms with Crippen molar-refractivity contribution in [3.63, 3.8) is 0 Å². The van der Waals surface area contributed by atoms with Gasteiger partial charge in [-0.05, 0) is 19.8 Å². The fraction of sp³-hybridized carbons (Fsp3) is 0.750. The first kappa shape index (κ1) is 11.6. The summed E-state index contributed by atoms with van der Waals surface area (Å²) in [4.78, 5) is 0. The van der Waals surface area contributed by atoms with Crippen molar-refractivity contribution < 1.29 is 0 Å². The Hall–Kier alpha value is -0.870. The maximum Gasteiger partial charge on any atom is 0.0537 e. The summed E-state index contributed by atoms with van der Waals surface area (Å²) in [5.74, 6) is 0. The molecule has 4 heteroatoms. The van der Waals surface area contributed by atoms with Crippen molar-refractivity contribution in [2.24, 2.45) is 12.8 Å². The Morgan fingerprint density at radius 1 is 1.56 bits per heavy atom. The summed E-state index contributed by atoms with van der Waals surface area (Å²) in [5, 5.41) is 7.75. The van der Waals surface area contributed by atoms with Crippen molar-refractivity contribution in [3.05, 3.63) is 18.0 Å². The average molecular weight is 222 g/mol. The van der Waals surface area contributed by atoms with Gasteiger partial charge in [-0.15, -0.1) is 0 Å². The van der Waals surface area contributed by atoms with Crippen molar-refractivity contribution in [2.45, 2.75) is 44.2 Å². The lowest BCUT2D eigenvalue weighted by Crippen LogP contribution is -2.43. The molecule has 0 radical (unpaired) electrons. The van der Waals surface area contributed by atoms with E-state index >= 15 is 0 Å². The molecule has 1 aromatic heterocycles. The lowest BCUT2D eigenvalue weighted by atomic mass is 10.00. The molecule has 0 aliphatic heterocycles. The molecule has 16 heavy (non-hydrogen) atoms. The zero-order chi connectivity index (χ0) is 11.6. The molecule has 1 aliphatic carbocycles. The predicted octanol–water partition coefficient (Wildman–Crippen LogP) is 1.34. The smallest absolute Gasteiger partial charge is 0.0537 e. The number of aromatic nitrogens is 2. The quantitative estimate of drug-likeness (QED) is 0.808. The summed E-state index contributed by atoms with van der Waals surface area (Å²) in [6.45, 7) is 3.14. The molecule has 0 amide bonds. The topological polar surface area (TPSA) is 55.9 Å². The summed E-state index contributed by atoms with van der Waals surface area (Å²) in [6, 6.07) is 0.0473. The van der Waals surface area contributed by atoms with Gasteiger partial charge in [-0.2, -0.15) is 5.10 Å². The maximum absolute atomic E-state index is 6.13. The highest BCUT2D eigenvalue weighted by Gasteiger charge is 2.28. The molecule has 1 aliphatic rings. The maximum atomic E-state index is 6.13. The molecule has 0 saturated heterocycles. The van der Waals surface area contributed by atoms with Gasteiger partial charge in [0.05, 0.1) is 6.20 Å². The largest absolute Gasteiger partial charge is 0.323 e. The standard InChI is InChI=1S/C12H22N4/c1-12(5-3-4-6-12)14-8-11(13)10-7-15-16(2)9-10/h7,9,11,14H,3-6,8,13H2,1-2H3. The minimum Gasteiger partial charge on any atom is -0.323 e. The Morgan fingerprint density at radius 3 is 2.81 bits per heavy atom. The van der Waals surface area contributed by atoms with Gasteiger partial charge in [0.15, 0.2) is 0 Å². The first-order valence-electron chi connectivity index (χ1n) is 6.08. The zero-order valence-electron chi connectivity index (χ0n) is 10.2. The summed E-state index contributed by atoms with van der Waals surface area (Å²) in [6.07, 6.45) is 9.06. The monoisotopic (exact) mass is 222 g/mol. The molecule has 90 valence electrons. The van der Waals surface area contributed by atoms with Crippen LogP contribution in [-0.4, -0.2) is 21.9 Å². The molecule has 1 saturated carbocycles. The van der Waals surface area contributed by atoms with Crippen LogP contribution >= 0.6 is 0 Å². The molecule has 1 fully saturated rings. The van der Waals surface area contributed by atoms with Gasteiger partial charge >= 0.3 is 0 Å². The Morgan fingerprint density at radius 2 is 2.25 bits per heavy atom. The first-order chi connectivity index (χ1) is 7.59. The molecule has 4 nitrogen and oxygen atoms in total. The Labute approximate surface area is 97.2 Å². The average Bonchev–Trinajstić information content (AvgIpc) is 2.85. The van der Waals surface area contributed by atoms with Gasteiger partial charge in [-0.1, -0.05) is 12.8 Å². The van der Waals surface area contributed by atoms with E-state index in [0.29, 0.717) is 5.54 Å². The van der Waals surface area contributed by atoms with Crippen molar-refractivity contribution in [1.29, 1.82) is 0 Å². The number of nitrogens with one attached hydrogen (secondary N) is 1. The molecule has 1 heterocycles. The van der Waals surface area contributed by atoms with Gasteiger partial charge in [0.1, 0.15) is 0 Å². The lowest BCUT2D eigenvalue weighted by molar-refractivity contribution is 0.353. The number of aryl methyl sites for hydroxylation is 1. The van der Waals surface area contributed by atoms with Crippen LogP contribution in [0, 0.1) is 0 Å². The van der Waals surface area contributed by atoms with Gasteiger partial charge in [-0.25, -0.2) is 0 Å². The van der Waals surface area contributed by atoms with Crippen LogP contribution in [0.15, 0.2) is 12.4 Å². The van der Waals surface area contributed by atoms with Crippen molar-refractivity contribution in [2.75, 3.05) is 6.54 Å². The lowest BCUT2D eigenvalue weighted by Gasteiger charge is -2.27. The highest BCUT2D eigenvalue weighted by atomic mass is 15.2. The van der Waals surface area contributed by atoms with Gasteiger partial charge in [-0.3, -0.25) is 4.68 Å². The van der Waals surface area contributed by atoms with E-state index in [2.05, 4.69) is 17.3 Å². The number of nitrogens with two attached hydrogens (primary N) is 1. The highest BCUT2D eigenvalue weighted by Crippen LogP contribution is 2.29. The molecule has 1 aromatic rings. The molecular weight excluding hydrogens is 200 g/mol. The predicted molar refractivity (Wildman–Crippen MR) is 65.0 cm³/mol. The van der Waals surface area contributed by atoms with Crippen LogP contribution in [0.3, 0.4) is 0 Å². The van der Waals surface area contributed by atoms with Gasteiger partial charge in [0.25, 0.3) is 0 Å². The highest BCUT2D eigenvalue weighted by molar-refractivity contribution is 5.10. The third-order valence-electron chi connectivity index (χ3n) is 3.61. The minimum absolute atomic E-state index is 0.0473. The molecule has 0 aromatic carbocycles. The molecular formula is C12H22N4. The van der Waals surface area contributed by atoms with Crippen molar-refractivity contribution in [3.8, 4) is 0 Å². The molecule has 2 rings (SSSR count). The molecule has 1 atom stereocenters. The van der Waals surface area contributed by atoms with E-state index in [0.717, 1.165) is 12.1 Å². The zero-order valence-corrected chi connectivity index (χ0v) is 10.2. The second kappa shape index (κ2) is 4.55. The van der Waals surface area contributed by atoms with Crippen molar-refractivity contribution in [1.82, 2.24) is 15.1 Å². The SMILES string of the molecule is Cn1cc(C(N)CNC2(C)CCCC2)cn1. The van der Waals surface area contributed by atoms with Gasteiger partial charge < -0.3 is 11.1 Å². The van der Waals surface area contributed by atoms with E-state index in [1.165, 1.54) is 25.7 Å². The van der Waals surface area contributed by atoms with E-state index in [1.807, 2.05) is 19.4 Å². The van der Waals surface area contributed by atoms with Crippen LogP contribution < -0.4 is 11.1 Å². The summed E-state index contributed by atoms with van der Waals surface area (Å²) < 4.78 is 1.80. The van der Waals surface area contributed by atoms with E-state index in [9.17, 15) is 0 Å². The van der Waals surface area contributed by atoms with Crippen LogP contribution in [0.4, 0.5) is 0 Å². The molecule has 1 unspecified atom stereocenters. The Kier molecular flexibility index (Phi) is 3.30. The van der Waals surface area contributed by atoms with E-state index < -0.39 is 0 Å². The Balaban J connectivity index is 1.86. The van der Waals surface area contributed by atoms with Gasteiger partial charge in [0, 0.05) is 36.9 Å². The Bertz CT molecular complexity index is 339. The minimum atomic E-state index is 0.0473. The first-order valence-corrected chi connectivity index (χ1v) is 6.08. The van der Waals surface area contributed by atoms with Crippen LogP contribution in [-0.2, 0) is 7.05 Å². The third kappa shape index (κ3) is 2.62. The van der Waals surface area contributed by atoms with E-state index in [4.69, 9.17) is 5.73 Å². The van der Waals surface area contributed by atoms with E-state index in [-0.39, 0.29) is 6.04 Å². The number of hydrogen-bond acceptors (Lipinski definition) is 3. The van der Waals surface area contributed by atoms with Crippen LogP contribution in [0.5, 0.6) is 0 Å². The van der Waals surface area contributed by atoms with Crippen LogP contribution in [0.1, 0.15) is 44.2 Å². The fourth-order valence-electron chi connectivity index (χ4n) is 2.44. The third-order valence-corrected chi connectivity index (χ3v) is 3.61. The van der Waals surface area contributed by atoms with Gasteiger partial charge in [0.2, 0.25) is 0 Å². The number of nitrogens with zero attached hydrogens (tertiary/aromatic N) is 2. The second-order valence-electron chi connectivity index (χ2n) is 5.20. The molecule has 3 N–H and O–H groups in total. The fourth-order valence-corrected chi connectivity index (χ4v) is 2.44. The molecule has 0 bridgehead atoms. The number of hydrogen-bond donors (Lipinski definition) is 2. The summed E-state index contributed by atoms with van der Waals surface area (Å²) in [7, 11) is 1.92. The normalized spacial score (nSPS) is 21.2. The van der Waals surface area contributed by atoms with Crippen LogP contribution in [0.2, 0.25) is 0 Å². The summed E-state index contributed by atoms with van der Waals surface area (Å²) >= 11 is 0. The number of rotatable bonds is 4. The molecule has 0 spiro atoms. The van der Waals surface area contributed by atoms with Crippen molar-refractivity contribution >= 4 is 0 Å². The van der Waals surface area contributed by atoms with E-state index in [1.54, 1.807) is 4.68 Å². The second-order valence-corrected chi connectivity index (χ2v) is 5.20. The van der Waals surface area contributed by atoms with Crippen LogP contribution in [0.25, 0.3) is 0 Å².